The number of nitrogens with zero attached hydrogens (tertiary/aromatic N) is 5. The van der Waals surface area contributed by atoms with Gasteiger partial charge in [0.15, 0.2) is 0 Å². The molecule has 0 aliphatic rings. The van der Waals surface area contributed by atoms with Crippen LogP contribution in [0.2, 0.25) is 0 Å². The smallest absolute Gasteiger partial charge is 0.277 e. The molecule has 1 atom stereocenters. The summed E-state index contributed by atoms with van der Waals surface area (Å²) in [5, 5.41) is 27.1. The standard InChI is InChI=1S/C18H13N5O4S/c1-11(28-18-22-21-17(27-18)12-5-3-2-4-6-12)15-19-20-16(26-15)13-7-9-14(10-8-13)23(24)25/h2-11H,1H3/t11-/m1/s1. The number of nitro groups is 1. The average Bonchev–Trinajstić information content (AvgIpc) is 3.39. The van der Waals surface area contributed by atoms with Crippen LogP contribution in [-0.4, -0.2) is 25.3 Å². The Labute approximate surface area is 163 Å². The molecule has 0 aliphatic heterocycles. The molecular weight excluding hydrogens is 382 g/mol. The number of rotatable bonds is 6. The van der Waals surface area contributed by atoms with Crippen molar-refractivity contribution in [2.45, 2.75) is 17.4 Å². The Hall–Kier alpha value is -3.53. The quantitative estimate of drug-likeness (QED) is 0.263. The van der Waals surface area contributed by atoms with E-state index < -0.39 is 4.92 Å². The van der Waals surface area contributed by atoms with Crippen LogP contribution < -0.4 is 0 Å². The van der Waals surface area contributed by atoms with E-state index in [0.29, 0.717) is 22.6 Å². The van der Waals surface area contributed by atoms with E-state index in [1.165, 1.54) is 23.9 Å². The van der Waals surface area contributed by atoms with Crippen molar-refractivity contribution in [2.24, 2.45) is 0 Å². The molecule has 0 spiro atoms. The zero-order valence-corrected chi connectivity index (χ0v) is 15.4. The van der Waals surface area contributed by atoms with Gasteiger partial charge in [0.1, 0.15) is 0 Å². The van der Waals surface area contributed by atoms with Gasteiger partial charge in [-0.1, -0.05) is 30.0 Å². The summed E-state index contributed by atoms with van der Waals surface area (Å²) in [6.45, 7) is 1.88. The van der Waals surface area contributed by atoms with Crippen molar-refractivity contribution in [1.29, 1.82) is 0 Å². The van der Waals surface area contributed by atoms with Gasteiger partial charge in [0.2, 0.25) is 17.7 Å². The molecule has 0 fully saturated rings. The summed E-state index contributed by atoms with van der Waals surface area (Å²) in [6, 6.07) is 15.4. The Morgan fingerprint density at radius 2 is 1.54 bits per heavy atom. The lowest BCUT2D eigenvalue weighted by Gasteiger charge is -2.01. The molecule has 9 nitrogen and oxygen atoms in total. The summed E-state index contributed by atoms with van der Waals surface area (Å²) < 4.78 is 11.4. The number of nitro benzene ring substituents is 1. The Balaban J connectivity index is 1.47. The molecule has 0 N–H and O–H groups in total. The Morgan fingerprint density at radius 3 is 2.25 bits per heavy atom. The maximum absolute atomic E-state index is 10.7. The third-order valence-electron chi connectivity index (χ3n) is 3.82. The number of hydrogen-bond donors (Lipinski definition) is 0. The third-order valence-corrected chi connectivity index (χ3v) is 4.74. The van der Waals surface area contributed by atoms with E-state index in [4.69, 9.17) is 8.83 Å². The molecule has 28 heavy (non-hydrogen) atoms. The fraction of sp³-hybridized carbons (Fsp3) is 0.111. The van der Waals surface area contributed by atoms with Crippen LogP contribution in [0.3, 0.4) is 0 Å². The zero-order valence-electron chi connectivity index (χ0n) is 14.6. The van der Waals surface area contributed by atoms with E-state index in [9.17, 15) is 10.1 Å². The van der Waals surface area contributed by atoms with E-state index in [1.54, 1.807) is 12.1 Å². The van der Waals surface area contributed by atoms with Gasteiger partial charge < -0.3 is 8.83 Å². The maximum atomic E-state index is 10.7. The van der Waals surface area contributed by atoms with E-state index in [1.807, 2.05) is 37.3 Å². The second kappa shape index (κ2) is 7.61. The van der Waals surface area contributed by atoms with E-state index in [0.717, 1.165) is 5.56 Å². The minimum atomic E-state index is -0.462. The van der Waals surface area contributed by atoms with Crippen molar-refractivity contribution in [3.05, 3.63) is 70.6 Å². The molecule has 0 radical (unpaired) electrons. The highest BCUT2D eigenvalue weighted by atomic mass is 32.2. The largest absolute Gasteiger partial charge is 0.419 e. The summed E-state index contributed by atoms with van der Waals surface area (Å²) in [6.07, 6.45) is 0. The first kappa shape index (κ1) is 17.9. The van der Waals surface area contributed by atoms with Crippen LogP contribution in [0.1, 0.15) is 18.1 Å². The van der Waals surface area contributed by atoms with Crippen LogP contribution in [0.4, 0.5) is 5.69 Å². The molecule has 0 saturated heterocycles. The molecule has 2 aromatic carbocycles. The molecule has 0 aliphatic carbocycles. The number of aromatic nitrogens is 4. The molecule has 4 rings (SSSR count). The minimum absolute atomic E-state index is 0.00183. The first-order valence-electron chi connectivity index (χ1n) is 8.24. The molecule has 0 amide bonds. The lowest BCUT2D eigenvalue weighted by atomic mass is 10.2. The van der Waals surface area contributed by atoms with Gasteiger partial charge in [-0.2, -0.15) is 0 Å². The molecule has 4 aromatic rings. The second-order valence-corrected chi connectivity index (χ2v) is 7.04. The summed E-state index contributed by atoms with van der Waals surface area (Å²) in [5.74, 6) is 1.11. The highest BCUT2D eigenvalue weighted by molar-refractivity contribution is 7.99. The molecule has 0 unspecified atom stereocenters. The van der Waals surface area contributed by atoms with Crippen LogP contribution in [-0.2, 0) is 0 Å². The predicted octanol–water partition coefficient (Wildman–Crippen LogP) is 4.55. The van der Waals surface area contributed by atoms with Crippen molar-refractivity contribution in [3.63, 3.8) is 0 Å². The van der Waals surface area contributed by atoms with Gasteiger partial charge in [-0.15, -0.1) is 20.4 Å². The molecule has 0 bridgehead atoms. The zero-order chi connectivity index (χ0) is 19.5. The van der Waals surface area contributed by atoms with Gasteiger partial charge in [0.25, 0.3) is 10.9 Å². The molecule has 2 heterocycles. The summed E-state index contributed by atoms with van der Waals surface area (Å²) in [4.78, 5) is 10.3. The first-order chi connectivity index (χ1) is 13.6. The lowest BCUT2D eigenvalue weighted by molar-refractivity contribution is -0.384. The molecular formula is C18H13N5O4S. The first-order valence-corrected chi connectivity index (χ1v) is 9.12. The van der Waals surface area contributed by atoms with Crippen molar-refractivity contribution < 1.29 is 13.8 Å². The van der Waals surface area contributed by atoms with E-state index >= 15 is 0 Å². The van der Waals surface area contributed by atoms with E-state index in [-0.39, 0.29) is 16.8 Å². The highest BCUT2D eigenvalue weighted by Crippen LogP contribution is 2.35. The van der Waals surface area contributed by atoms with Crippen LogP contribution in [0.15, 0.2) is 68.7 Å². The monoisotopic (exact) mass is 395 g/mol. The minimum Gasteiger partial charge on any atom is -0.419 e. The molecule has 0 saturated carbocycles. The average molecular weight is 395 g/mol. The summed E-state index contributed by atoms with van der Waals surface area (Å²) in [7, 11) is 0. The molecule has 2 aromatic heterocycles. The molecule has 10 heteroatoms. The van der Waals surface area contributed by atoms with Crippen molar-refractivity contribution >= 4 is 17.4 Å². The van der Waals surface area contributed by atoms with Crippen LogP contribution in [0.5, 0.6) is 0 Å². The Bertz CT molecular complexity index is 1090. The lowest BCUT2D eigenvalue weighted by Crippen LogP contribution is -1.88. The number of benzene rings is 2. The summed E-state index contributed by atoms with van der Waals surface area (Å²) in [5.41, 5.74) is 1.44. The van der Waals surface area contributed by atoms with Crippen LogP contribution >= 0.6 is 11.8 Å². The van der Waals surface area contributed by atoms with Gasteiger partial charge in [-0.05, 0) is 31.2 Å². The Kier molecular flexibility index (Phi) is 4.85. The van der Waals surface area contributed by atoms with Crippen LogP contribution in [0.25, 0.3) is 22.9 Å². The number of hydrogen-bond acceptors (Lipinski definition) is 9. The van der Waals surface area contributed by atoms with Crippen molar-refractivity contribution in [1.82, 2.24) is 20.4 Å². The maximum Gasteiger partial charge on any atom is 0.277 e. The van der Waals surface area contributed by atoms with Crippen molar-refractivity contribution in [3.8, 4) is 22.9 Å². The highest BCUT2D eigenvalue weighted by Gasteiger charge is 2.20. The van der Waals surface area contributed by atoms with Gasteiger partial charge >= 0.3 is 0 Å². The fourth-order valence-corrected chi connectivity index (χ4v) is 3.11. The number of non-ortho nitro benzene ring substituents is 1. The van der Waals surface area contributed by atoms with E-state index in [2.05, 4.69) is 20.4 Å². The third kappa shape index (κ3) is 3.76. The normalized spacial score (nSPS) is 12.0. The van der Waals surface area contributed by atoms with Gasteiger partial charge in [0.05, 0.1) is 10.2 Å². The number of thioether (sulfide) groups is 1. The summed E-state index contributed by atoms with van der Waals surface area (Å²) >= 11 is 1.30. The van der Waals surface area contributed by atoms with Gasteiger partial charge in [-0.3, -0.25) is 10.1 Å². The van der Waals surface area contributed by atoms with Gasteiger partial charge in [-0.25, -0.2) is 0 Å². The Morgan fingerprint density at radius 1 is 0.893 bits per heavy atom. The SMILES string of the molecule is C[C@@H](Sc1nnc(-c2ccccc2)o1)c1nnc(-c2ccc([N+](=O)[O-])cc2)o1. The van der Waals surface area contributed by atoms with Crippen LogP contribution in [0, 0.1) is 10.1 Å². The fourth-order valence-electron chi connectivity index (χ4n) is 2.40. The predicted molar refractivity (Wildman–Crippen MR) is 100 cm³/mol. The second-order valence-electron chi connectivity index (χ2n) is 5.75. The van der Waals surface area contributed by atoms with Gasteiger partial charge in [0, 0.05) is 23.3 Å². The topological polar surface area (TPSA) is 121 Å². The van der Waals surface area contributed by atoms with Crippen molar-refractivity contribution in [2.75, 3.05) is 0 Å². The molecule has 140 valence electrons.